The zero-order valence-corrected chi connectivity index (χ0v) is 10.9. The van der Waals surface area contributed by atoms with Crippen LogP contribution in [0.4, 0.5) is 0 Å². The Morgan fingerprint density at radius 1 is 1.69 bits per heavy atom. The average molecular weight is 260 g/mol. The van der Waals surface area contributed by atoms with Crippen LogP contribution in [-0.2, 0) is 5.75 Å². The van der Waals surface area contributed by atoms with Crippen LogP contribution in [0, 0.1) is 0 Å². The van der Waals surface area contributed by atoms with Crippen molar-refractivity contribution in [2.75, 3.05) is 0 Å². The van der Waals surface area contributed by atoms with Gasteiger partial charge < -0.3 is 5.11 Å². The molecular weight excluding hydrogens is 244 g/mol. The standard InChI is InChI=1S/C10H16N2O2S2/c1-6(13)7(2)16-5-8-3-4-15-9(8)10(14)12-11/h3-4,6-7,13H,5,11H2,1-2H3,(H,12,14). The molecule has 0 aliphatic carbocycles. The maximum Gasteiger partial charge on any atom is 0.275 e. The third kappa shape index (κ3) is 3.48. The van der Waals surface area contributed by atoms with Gasteiger partial charge in [-0.2, -0.15) is 11.8 Å². The highest BCUT2D eigenvalue weighted by atomic mass is 32.2. The number of nitrogen functional groups attached to an aromatic ring is 1. The summed E-state index contributed by atoms with van der Waals surface area (Å²) in [6.45, 7) is 3.73. The Morgan fingerprint density at radius 3 is 2.94 bits per heavy atom. The van der Waals surface area contributed by atoms with Gasteiger partial charge in [0, 0.05) is 11.0 Å². The lowest BCUT2D eigenvalue weighted by Crippen LogP contribution is -2.29. The number of carbonyl (C=O) groups is 1. The highest BCUT2D eigenvalue weighted by Crippen LogP contribution is 2.25. The number of nitrogens with one attached hydrogen (secondary N) is 1. The van der Waals surface area contributed by atoms with E-state index in [1.807, 2.05) is 18.4 Å². The van der Waals surface area contributed by atoms with E-state index in [2.05, 4.69) is 5.43 Å². The number of amides is 1. The molecule has 1 aromatic heterocycles. The minimum atomic E-state index is -0.351. The molecule has 0 bridgehead atoms. The molecular formula is C10H16N2O2S2. The molecule has 0 aromatic carbocycles. The van der Waals surface area contributed by atoms with Gasteiger partial charge in [0.25, 0.3) is 5.91 Å². The van der Waals surface area contributed by atoms with Gasteiger partial charge in [0.1, 0.15) is 0 Å². The lowest BCUT2D eigenvalue weighted by Gasteiger charge is -2.13. The van der Waals surface area contributed by atoms with Crippen molar-refractivity contribution in [2.24, 2.45) is 5.84 Å². The zero-order chi connectivity index (χ0) is 12.1. The van der Waals surface area contributed by atoms with Crippen molar-refractivity contribution in [1.82, 2.24) is 5.43 Å². The largest absolute Gasteiger partial charge is 0.392 e. The van der Waals surface area contributed by atoms with Crippen molar-refractivity contribution in [2.45, 2.75) is 31.0 Å². The predicted molar refractivity (Wildman–Crippen MR) is 68.4 cm³/mol. The van der Waals surface area contributed by atoms with Crippen LogP contribution in [0.5, 0.6) is 0 Å². The number of thioether (sulfide) groups is 1. The summed E-state index contributed by atoms with van der Waals surface area (Å²) in [6, 6.07) is 1.91. The van der Waals surface area contributed by atoms with Crippen molar-refractivity contribution in [3.05, 3.63) is 21.9 Å². The van der Waals surface area contributed by atoms with Crippen LogP contribution < -0.4 is 11.3 Å². The second kappa shape index (κ2) is 6.24. The van der Waals surface area contributed by atoms with Gasteiger partial charge in [0.15, 0.2) is 0 Å². The van der Waals surface area contributed by atoms with Crippen molar-refractivity contribution < 1.29 is 9.90 Å². The molecule has 1 rings (SSSR count). The number of aliphatic hydroxyl groups excluding tert-OH is 1. The van der Waals surface area contributed by atoms with Crippen molar-refractivity contribution in [3.63, 3.8) is 0 Å². The van der Waals surface area contributed by atoms with Crippen LogP contribution in [-0.4, -0.2) is 22.4 Å². The van der Waals surface area contributed by atoms with E-state index in [4.69, 9.17) is 5.84 Å². The Bertz CT molecular complexity index is 352. The van der Waals surface area contributed by atoms with Gasteiger partial charge in [-0.3, -0.25) is 10.2 Å². The van der Waals surface area contributed by atoms with Gasteiger partial charge in [0.2, 0.25) is 0 Å². The summed E-state index contributed by atoms with van der Waals surface area (Å²) in [5.41, 5.74) is 3.09. The van der Waals surface area contributed by atoms with Gasteiger partial charge in [-0.15, -0.1) is 11.3 Å². The fraction of sp³-hybridized carbons (Fsp3) is 0.500. The molecule has 16 heavy (non-hydrogen) atoms. The fourth-order valence-corrected chi connectivity index (χ4v) is 2.95. The lowest BCUT2D eigenvalue weighted by atomic mass is 10.3. The predicted octanol–water partition coefficient (Wildman–Crippen LogP) is 1.35. The Hall–Kier alpha value is -0.560. The maximum absolute atomic E-state index is 11.4. The van der Waals surface area contributed by atoms with Crippen molar-refractivity contribution in [3.8, 4) is 0 Å². The SMILES string of the molecule is CC(O)C(C)SCc1ccsc1C(=O)NN. The molecule has 0 saturated carbocycles. The third-order valence-corrected chi connectivity index (χ3v) is 4.62. The summed E-state index contributed by atoms with van der Waals surface area (Å²) in [5, 5.41) is 11.4. The topological polar surface area (TPSA) is 75.3 Å². The van der Waals surface area contributed by atoms with E-state index in [1.54, 1.807) is 18.7 Å². The van der Waals surface area contributed by atoms with E-state index in [1.165, 1.54) is 11.3 Å². The summed E-state index contributed by atoms with van der Waals surface area (Å²) in [5.74, 6) is 5.55. The summed E-state index contributed by atoms with van der Waals surface area (Å²) >= 11 is 2.99. The molecule has 1 heterocycles. The Kier molecular flexibility index (Phi) is 5.27. The molecule has 90 valence electrons. The first-order chi connectivity index (χ1) is 7.56. The van der Waals surface area contributed by atoms with Gasteiger partial charge in [-0.1, -0.05) is 6.92 Å². The van der Waals surface area contributed by atoms with E-state index < -0.39 is 0 Å². The molecule has 0 saturated heterocycles. The number of hydrogen-bond donors (Lipinski definition) is 3. The first-order valence-corrected chi connectivity index (χ1v) is 6.86. The van der Waals surface area contributed by atoms with Gasteiger partial charge in [0.05, 0.1) is 11.0 Å². The minimum Gasteiger partial charge on any atom is -0.392 e. The highest BCUT2D eigenvalue weighted by molar-refractivity contribution is 7.99. The third-order valence-electron chi connectivity index (χ3n) is 2.27. The van der Waals surface area contributed by atoms with Gasteiger partial charge in [-0.05, 0) is 23.9 Å². The second-order valence-electron chi connectivity index (χ2n) is 3.51. The second-order valence-corrected chi connectivity index (χ2v) is 5.79. The smallest absolute Gasteiger partial charge is 0.275 e. The molecule has 0 fully saturated rings. The van der Waals surface area contributed by atoms with E-state index >= 15 is 0 Å². The zero-order valence-electron chi connectivity index (χ0n) is 9.27. The number of carbonyl (C=O) groups excluding carboxylic acids is 1. The lowest BCUT2D eigenvalue weighted by molar-refractivity contribution is 0.0957. The highest BCUT2D eigenvalue weighted by Gasteiger charge is 2.14. The summed E-state index contributed by atoms with van der Waals surface area (Å²) in [6.07, 6.45) is -0.351. The van der Waals surface area contributed by atoms with Crippen LogP contribution >= 0.6 is 23.1 Å². The first-order valence-electron chi connectivity index (χ1n) is 4.93. The molecule has 2 unspecified atom stereocenters. The van der Waals surface area contributed by atoms with Gasteiger partial charge >= 0.3 is 0 Å². The van der Waals surface area contributed by atoms with Crippen LogP contribution in [0.2, 0.25) is 0 Å². The molecule has 2 atom stereocenters. The van der Waals surface area contributed by atoms with Crippen molar-refractivity contribution >= 4 is 29.0 Å². The van der Waals surface area contributed by atoms with Crippen LogP contribution in [0.3, 0.4) is 0 Å². The quantitative estimate of drug-likeness (QED) is 0.424. The Labute approximate surface area is 103 Å². The normalized spacial score (nSPS) is 14.5. The molecule has 0 radical (unpaired) electrons. The van der Waals surface area contributed by atoms with Crippen LogP contribution in [0.15, 0.2) is 11.4 Å². The van der Waals surface area contributed by atoms with Crippen LogP contribution in [0.25, 0.3) is 0 Å². The summed E-state index contributed by atoms with van der Waals surface area (Å²) in [4.78, 5) is 12.0. The monoisotopic (exact) mass is 260 g/mol. The molecule has 0 aliphatic rings. The number of thiophene rings is 1. The minimum absolute atomic E-state index is 0.147. The summed E-state index contributed by atoms with van der Waals surface area (Å²) < 4.78 is 0. The molecule has 1 amide bonds. The maximum atomic E-state index is 11.4. The number of rotatable bonds is 5. The molecule has 0 spiro atoms. The van der Waals surface area contributed by atoms with Gasteiger partial charge in [-0.25, -0.2) is 5.84 Å². The molecule has 4 nitrogen and oxygen atoms in total. The molecule has 0 aliphatic heterocycles. The molecule has 1 aromatic rings. The van der Waals surface area contributed by atoms with Crippen molar-refractivity contribution in [1.29, 1.82) is 0 Å². The molecule has 4 N–H and O–H groups in total. The van der Waals surface area contributed by atoms with Crippen LogP contribution in [0.1, 0.15) is 29.1 Å². The Morgan fingerprint density at radius 2 is 2.38 bits per heavy atom. The number of hydrogen-bond acceptors (Lipinski definition) is 5. The fourth-order valence-electron chi connectivity index (χ4n) is 1.07. The summed E-state index contributed by atoms with van der Waals surface area (Å²) in [7, 11) is 0. The van der Waals surface area contributed by atoms with E-state index in [-0.39, 0.29) is 17.3 Å². The number of hydrazine groups is 1. The first kappa shape index (κ1) is 13.5. The average Bonchev–Trinajstić information content (AvgIpc) is 2.72. The number of nitrogens with two attached hydrogens (primary N) is 1. The molecule has 6 heteroatoms. The van der Waals surface area contributed by atoms with E-state index in [0.29, 0.717) is 10.6 Å². The van der Waals surface area contributed by atoms with E-state index in [9.17, 15) is 9.90 Å². The Balaban J connectivity index is 2.61. The number of aliphatic hydroxyl groups is 1. The van der Waals surface area contributed by atoms with E-state index in [0.717, 1.165) is 5.56 Å².